The third kappa shape index (κ3) is 4.04. The molecule has 1 aliphatic heterocycles. The van der Waals surface area contributed by atoms with Crippen molar-refractivity contribution in [3.05, 3.63) is 48.0 Å². The standard InChI is InChI=1S/C18H23N5O2/c1-14-3-5-16(6-4-14)11-17(24)21-7-9-22(10-8-21)18(25)15(2)23-13-19-12-20-23/h3-6,12-13,15H,7-11H2,1-2H3/t15-/m0/s1. The quantitative estimate of drug-likeness (QED) is 0.834. The zero-order valence-corrected chi connectivity index (χ0v) is 14.6. The summed E-state index contributed by atoms with van der Waals surface area (Å²) in [6, 6.07) is 7.65. The van der Waals surface area contributed by atoms with Crippen molar-refractivity contribution in [2.24, 2.45) is 0 Å². The van der Waals surface area contributed by atoms with Gasteiger partial charge in [0, 0.05) is 26.2 Å². The number of aryl methyl sites for hydroxylation is 1. The maximum absolute atomic E-state index is 12.5. The third-order valence-electron chi connectivity index (χ3n) is 4.61. The summed E-state index contributed by atoms with van der Waals surface area (Å²) < 4.78 is 1.55. The number of hydrogen-bond acceptors (Lipinski definition) is 4. The van der Waals surface area contributed by atoms with Crippen LogP contribution in [0.25, 0.3) is 0 Å². The Balaban J connectivity index is 1.52. The monoisotopic (exact) mass is 341 g/mol. The first kappa shape index (κ1) is 17.1. The van der Waals surface area contributed by atoms with Gasteiger partial charge < -0.3 is 9.80 Å². The molecule has 1 fully saturated rings. The number of amides is 2. The number of rotatable bonds is 4. The molecular weight excluding hydrogens is 318 g/mol. The predicted octanol–water partition coefficient (Wildman–Crippen LogP) is 1.06. The molecule has 7 nitrogen and oxygen atoms in total. The van der Waals surface area contributed by atoms with Crippen LogP contribution in [-0.4, -0.2) is 62.6 Å². The average Bonchev–Trinajstić information content (AvgIpc) is 3.17. The van der Waals surface area contributed by atoms with Gasteiger partial charge in [-0.1, -0.05) is 29.8 Å². The lowest BCUT2D eigenvalue weighted by Crippen LogP contribution is -2.52. The van der Waals surface area contributed by atoms with Crippen molar-refractivity contribution < 1.29 is 9.59 Å². The van der Waals surface area contributed by atoms with E-state index in [0.717, 1.165) is 5.56 Å². The second kappa shape index (κ2) is 7.46. The molecule has 25 heavy (non-hydrogen) atoms. The fraction of sp³-hybridized carbons (Fsp3) is 0.444. The van der Waals surface area contributed by atoms with Gasteiger partial charge in [0.2, 0.25) is 11.8 Å². The van der Waals surface area contributed by atoms with E-state index in [4.69, 9.17) is 0 Å². The molecule has 2 amide bonds. The minimum Gasteiger partial charge on any atom is -0.339 e. The average molecular weight is 341 g/mol. The number of hydrogen-bond donors (Lipinski definition) is 0. The molecule has 1 saturated heterocycles. The lowest BCUT2D eigenvalue weighted by atomic mass is 10.1. The van der Waals surface area contributed by atoms with Gasteiger partial charge in [0.15, 0.2) is 0 Å². The Morgan fingerprint density at radius 1 is 1.08 bits per heavy atom. The van der Waals surface area contributed by atoms with Gasteiger partial charge in [0.1, 0.15) is 18.7 Å². The van der Waals surface area contributed by atoms with Crippen LogP contribution in [-0.2, 0) is 16.0 Å². The summed E-state index contributed by atoms with van der Waals surface area (Å²) in [5.74, 6) is 0.122. The fourth-order valence-corrected chi connectivity index (χ4v) is 2.96. The van der Waals surface area contributed by atoms with Gasteiger partial charge in [-0.05, 0) is 19.4 Å². The normalized spacial score (nSPS) is 15.9. The van der Waals surface area contributed by atoms with Crippen LogP contribution in [0.2, 0.25) is 0 Å². The van der Waals surface area contributed by atoms with E-state index in [9.17, 15) is 9.59 Å². The minimum absolute atomic E-state index is 0.0103. The van der Waals surface area contributed by atoms with Crippen LogP contribution >= 0.6 is 0 Å². The van der Waals surface area contributed by atoms with E-state index in [-0.39, 0.29) is 17.9 Å². The molecule has 2 heterocycles. The summed E-state index contributed by atoms with van der Waals surface area (Å²) in [7, 11) is 0. The molecule has 2 aromatic rings. The second-order valence-corrected chi connectivity index (χ2v) is 6.42. The molecule has 0 bridgehead atoms. The maximum Gasteiger partial charge on any atom is 0.247 e. The zero-order chi connectivity index (χ0) is 17.8. The first-order valence-electron chi connectivity index (χ1n) is 8.51. The van der Waals surface area contributed by atoms with Crippen LogP contribution in [0.1, 0.15) is 24.1 Å². The van der Waals surface area contributed by atoms with Crippen molar-refractivity contribution in [3.63, 3.8) is 0 Å². The highest BCUT2D eigenvalue weighted by molar-refractivity contribution is 5.81. The largest absolute Gasteiger partial charge is 0.339 e. The van der Waals surface area contributed by atoms with Crippen LogP contribution in [0, 0.1) is 6.92 Å². The Labute approximate surface area is 147 Å². The lowest BCUT2D eigenvalue weighted by molar-refractivity contribution is -0.141. The molecule has 3 rings (SSSR count). The Kier molecular flexibility index (Phi) is 5.11. The summed E-state index contributed by atoms with van der Waals surface area (Å²) in [6.07, 6.45) is 3.37. The van der Waals surface area contributed by atoms with Crippen LogP contribution in [0.3, 0.4) is 0 Å². The molecular formula is C18H23N5O2. The number of benzene rings is 1. The van der Waals surface area contributed by atoms with Crippen LogP contribution < -0.4 is 0 Å². The molecule has 1 aliphatic rings. The molecule has 1 aromatic heterocycles. The van der Waals surface area contributed by atoms with E-state index >= 15 is 0 Å². The summed E-state index contributed by atoms with van der Waals surface area (Å²) in [5.41, 5.74) is 2.21. The van der Waals surface area contributed by atoms with Crippen molar-refractivity contribution in [3.8, 4) is 0 Å². The van der Waals surface area contributed by atoms with E-state index in [0.29, 0.717) is 32.6 Å². The summed E-state index contributed by atoms with van der Waals surface area (Å²) in [6.45, 7) is 6.09. The zero-order valence-electron chi connectivity index (χ0n) is 14.6. The maximum atomic E-state index is 12.5. The molecule has 0 unspecified atom stereocenters. The first-order valence-corrected chi connectivity index (χ1v) is 8.51. The molecule has 0 aliphatic carbocycles. The second-order valence-electron chi connectivity index (χ2n) is 6.42. The molecule has 0 radical (unpaired) electrons. The molecule has 0 spiro atoms. The number of carbonyl (C=O) groups is 2. The highest BCUT2D eigenvalue weighted by Crippen LogP contribution is 2.12. The van der Waals surface area contributed by atoms with Crippen LogP contribution in [0.15, 0.2) is 36.9 Å². The molecule has 7 heteroatoms. The van der Waals surface area contributed by atoms with Crippen molar-refractivity contribution in [2.75, 3.05) is 26.2 Å². The molecule has 0 N–H and O–H groups in total. The van der Waals surface area contributed by atoms with Crippen molar-refractivity contribution in [1.29, 1.82) is 0 Å². The van der Waals surface area contributed by atoms with Gasteiger partial charge in [0.05, 0.1) is 6.42 Å². The SMILES string of the molecule is Cc1ccc(CC(=O)N2CCN(C(=O)[C@H](C)n3cncn3)CC2)cc1. The number of nitrogens with zero attached hydrogens (tertiary/aromatic N) is 5. The smallest absolute Gasteiger partial charge is 0.247 e. The van der Waals surface area contributed by atoms with Crippen molar-refractivity contribution in [1.82, 2.24) is 24.6 Å². The number of carbonyl (C=O) groups excluding carboxylic acids is 2. The first-order chi connectivity index (χ1) is 12.0. The van der Waals surface area contributed by atoms with Gasteiger partial charge in [-0.3, -0.25) is 9.59 Å². The van der Waals surface area contributed by atoms with E-state index < -0.39 is 0 Å². The van der Waals surface area contributed by atoms with Gasteiger partial charge in [0.25, 0.3) is 0 Å². The van der Waals surface area contributed by atoms with E-state index in [1.807, 2.05) is 43.0 Å². The fourth-order valence-electron chi connectivity index (χ4n) is 2.96. The van der Waals surface area contributed by atoms with Gasteiger partial charge in [-0.2, -0.15) is 5.10 Å². The molecule has 132 valence electrons. The third-order valence-corrected chi connectivity index (χ3v) is 4.61. The van der Waals surface area contributed by atoms with Gasteiger partial charge in [-0.15, -0.1) is 0 Å². The summed E-state index contributed by atoms with van der Waals surface area (Å²) in [4.78, 5) is 32.5. The van der Waals surface area contributed by atoms with Gasteiger partial charge >= 0.3 is 0 Å². The van der Waals surface area contributed by atoms with Crippen molar-refractivity contribution >= 4 is 11.8 Å². The number of piperazine rings is 1. The molecule has 1 aromatic carbocycles. The highest BCUT2D eigenvalue weighted by Gasteiger charge is 2.27. The van der Waals surface area contributed by atoms with Crippen molar-refractivity contribution in [2.45, 2.75) is 26.3 Å². The molecule has 0 saturated carbocycles. The topological polar surface area (TPSA) is 71.3 Å². The van der Waals surface area contributed by atoms with Crippen LogP contribution in [0.4, 0.5) is 0 Å². The van der Waals surface area contributed by atoms with E-state index in [1.165, 1.54) is 11.9 Å². The van der Waals surface area contributed by atoms with E-state index in [2.05, 4.69) is 10.1 Å². The van der Waals surface area contributed by atoms with E-state index in [1.54, 1.807) is 15.9 Å². The Morgan fingerprint density at radius 2 is 1.72 bits per heavy atom. The highest BCUT2D eigenvalue weighted by atomic mass is 16.2. The minimum atomic E-state index is -0.377. The van der Waals surface area contributed by atoms with Gasteiger partial charge in [-0.25, -0.2) is 9.67 Å². The van der Waals surface area contributed by atoms with Crippen LogP contribution in [0.5, 0.6) is 0 Å². The molecule has 1 atom stereocenters. The summed E-state index contributed by atoms with van der Waals surface area (Å²) in [5, 5.41) is 4.02. The Bertz CT molecular complexity index is 718. The number of aromatic nitrogens is 3. The Morgan fingerprint density at radius 3 is 2.32 bits per heavy atom. The predicted molar refractivity (Wildman–Crippen MR) is 92.8 cm³/mol. The lowest BCUT2D eigenvalue weighted by Gasteiger charge is -2.36. The Hall–Kier alpha value is -2.70. The summed E-state index contributed by atoms with van der Waals surface area (Å²) >= 11 is 0.